The Morgan fingerprint density at radius 1 is 0.760 bits per heavy atom. The molecule has 0 saturated carbocycles. The van der Waals surface area contributed by atoms with Crippen molar-refractivity contribution in [2.45, 2.75) is 0 Å². The number of hydrogen-bond donors (Lipinski definition) is 3. The van der Waals surface area contributed by atoms with Crippen LogP contribution in [-0.2, 0) is 0 Å². The minimum absolute atomic E-state index is 0.729. The maximum Gasteiger partial charge on any atom is 0.150 e. The van der Waals surface area contributed by atoms with Gasteiger partial charge in [0.15, 0.2) is 0 Å². The maximum absolute atomic E-state index is 10.0. The first-order valence-corrected chi connectivity index (χ1v) is 7.68. The standard InChI is InChI=1S/C7H6N2.C7H6O.C6H8N2/c1-2-4-7-6(3-1)8-5-9-7;8-6-7-4-2-1-3-5-7;7-5-1-2-6(8)4-3-5/h1-5H,(H,8,9);1-6H;1-4H,7-8H2. The van der Waals surface area contributed by atoms with Crippen LogP contribution < -0.4 is 11.5 Å². The number of H-pyrrole nitrogens is 1. The van der Waals surface area contributed by atoms with Crippen molar-refractivity contribution in [3.63, 3.8) is 0 Å². The van der Waals surface area contributed by atoms with Crippen LogP contribution in [0.4, 0.5) is 11.4 Å². The summed E-state index contributed by atoms with van der Waals surface area (Å²) < 4.78 is 0. The molecule has 0 aliphatic rings. The van der Waals surface area contributed by atoms with E-state index in [2.05, 4.69) is 9.97 Å². The second kappa shape index (κ2) is 9.52. The Morgan fingerprint density at radius 2 is 1.32 bits per heavy atom. The molecule has 0 aliphatic heterocycles. The summed E-state index contributed by atoms with van der Waals surface area (Å²) in [7, 11) is 0. The topological polar surface area (TPSA) is 97.8 Å². The largest absolute Gasteiger partial charge is 0.399 e. The van der Waals surface area contributed by atoms with Gasteiger partial charge in [0.2, 0.25) is 0 Å². The smallest absolute Gasteiger partial charge is 0.150 e. The van der Waals surface area contributed by atoms with E-state index in [1.54, 1.807) is 42.7 Å². The minimum Gasteiger partial charge on any atom is -0.399 e. The van der Waals surface area contributed by atoms with Crippen molar-refractivity contribution in [3.8, 4) is 0 Å². The molecule has 4 aromatic rings. The molecule has 0 radical (unpaired) electrons. The van der Waals surface area contributed by atoms with Crippen LogP contribution in [0, 0.1) is 0 Å². The van der Waals surface area contributed by atoms with Crippen LogP contribution in [0.2, 0.25) is 0 Å². The number of benzene rings is 3. The highest BCUT2D eigenvalue weighted by Gasteiger charge is 1.88. The summed E-state index contributed by atoms with van der Waals surface area (Å²) in [6.45, 7) is 0. The second-order valence-electron chi connectivity index (χ2n) is 5.11. The Hall–Kier alpha value is -3.60. The van der Waals surface area contributed by atoms with E-state index >= 15 is 0 Å². The van der Waals surface area contributed by atoms with Crippen molar-refractivity contribution in [1.82, 2.24) is 9.97 Å². The number of imidazole rings is 1. The van der Waals surface area contributed by atoms with E-state index in [0.29, 0.717) is 0 Å². The Labute approximate surface area is 146 Å². The number of nitrogens with two attached hydrogens (primary N) is 2. The molecular weight excluding hydrogens is 312 g/mol. The van der Waals surface area contributed by atoms with E-state index in [1.807, 2.05) is 42.5 Å². The normalized spacial score (nSPS) is 9.28. The Morgan fingerprint density at radius 3 is 1.84 bits per heavy atom. The number of carbonyl (C=O) groups excluding carboxylic acids is 1. The highest BCUT2D eigenvalue weighted by Crippen LogP contribution is 2.05. The number of aromatic nitrogens is 2. The van der Waals surface area contributed by atoms with E-state index in [0.717, 1.165) is 34.3 Å². The molecule has 5 N–H and O–H groups in total. The fraction of sp³-hybridized carbons (Fsp3) is 0. The SMILES string of the molecule is Nc1ccc(N)cc1.O=Cc1ccccc1.c1ccc2[nH]cnc2c1. The average molecular weight is 332 g/mol. The zero-order valence-electron chi connectivity index (χ0n) is 13.7. The summed E-state index contributed by atoms with van der Waals surface area (Å²) in [5, 5.41) is 0. The number of rotatable bonds is 1. The van der Waals surface area contributed by atoms with E-state index in [-0.39, 0.29) is 0 Å². The zero-order valence-corrected chi connectivity index (χ0v) is 13.7. The van der Waals surface area contributed by atoms with Crippen molar-refractivity contribution in [2.24, 2.45) is 0 Å². The number of nitrogens with zero attached hydrogens (tertiary/aromatic N) is 1. The lowest BCUT2D eigenvalue weighted by molar-refractivity contribution is 0.112. The third-order valence-electron chi connectivity index (χ3n) is 3.20. The summed E-state index contributed by atoms with van der Waals surface area (Å²) in [5.74, 6) is 0. The molecule has 0 spiro atoms. The summed E-state index contributed by atoms with van der Waals surface area (Å²) >= 11 is 0. The molecule has 0 unspecified atom stereocenters. The Kier molecular flexibility index (Phi) is 6.76. The van der Waals surface area contributed by atoms with E-state index in [4.69, 9.17) is 11.5 Å². The van der Waals surface area contributed by atoms with Crippen molar-refractivity contribution in [2.75, 3.05) is 11.5 Å². The number of carbonyl (C=O) groups is 1. The van der Waals surface area contributed by atoms with Gasteiger partial charge in [-0.25, -0.2) is 4.98 Å². The van der Waals surface area contributed by atoms with Crippen molar-refractivity contribution >= 4 is 28.7 Å². The molecule has 0 saturated heterocycles. The first-order valence-electron chi connectivity index (χ1n) is 7.68. The number of fused-ring (bicyclic) bond motifs is 1. The maximum atomic E-state index is 10.0. The predicted octanol–water partition coefficient (Wildman–Crippen LogP) is 3.91. The number of nitrogens with one attached hydrogen (secondary N) is 1. The number of nitrogen functional groups attached to an aromatic ring is 2. The summed E-state index contributed by atoms with van der Waals surface area (Å²) in [4.78, 5) is 17.1. The van der Waals surface area contributed by atoms with E-state index < -0.39 is 0 Å². The number of hydrogen-bond acceptors (Lipinski definition) is 4. The van der Waals surface area contributed by atoms with Crippen LogP contribution >= 0.6 is 0 Å². The molecule has 25 heavy (non-hydrogen) atoms. The van der Waals surface area contributed by atoms with Gasteiger partial charge in [-0.3, -0.25) is 4.79 Å². The molecular formula is C20H20N4O. The number of aldehydes is 1. The zero-order chi connectivity index (χ0) is 17.9. The minimum atomic E-state index is 0.729. The van der Waals surface area contributed by atoms with E-state index in [9.17, 15) is 4.79 Å². The average Bonchev–Trinajstić information content (AvgIpc) is 3.15. The Balaban J connectivity index is 0.000000136. The molecule has 0 bridgehead atoms. The quantitative estimate of drug-likeness (QED) is 0.363. The fourth-order valence-corrected chi connectivity index (χ4v) is 1.91. The van der Waals surface area contributed by atoms with Crippen LogP contribution in [0.3, 0.4) is 0 Å². The van der Waals surface area contributed by atoms with Gasteiger partial charge in [0.05, 0.1) is 17.4 Å². The van der Waals surface area contributed by atoms with Crippen LogP contribution in [0.25, 0.3) is 11.0 Å². The van der Waals surface area contributed by atoms with Gasteiger partial charge < -0.3 is 16.5 Å². The molecule has 5 heteroatoms. The highest BCUT2D eigenvalue weighted by atomic mass is 16.1. The first kappa shape index (κ1) is 17.7. The van der Waals surface area contributed by atoms with Gasteiger partial charge in [0.25, 0.3) is 0 Å². The van der Waals surface area contributed by atoms with Crippen LogP contribution in [0.1, 0.15) is 10.4 Å². The predicted molar refractivity (Wildman–Crippen MR) is 103 cm³/mol. The monoisotopic (exact) mass is 332 g/mol. The molecule has 126 valence electrons. The van der Waals surface area contributed by atoms with Crippen LogP contribution in [-0.4, -0.2) is 16.3 Å². The van der Waals surface area contributed by atoms with Crippen molar-refractivity contribution < 1.29 is 4.79 Å². The van der Waals surface area contributed by atoms with E-state index in [1.165, 1.54) is 0 Å². The number of aromatic amines is 1. The van der Waals surface area contributed by atoms with Crippen LogP contribution in [0.5, 0.6) is 0 Å². The van der Waals surface area contributed by atoms with Gasteiger partial charge in [-0.15, -0.1) is 0 Å². The third kappa shape index (κ3) is 6.19. The molecule has 0 aliphatic carbocycles. The van der Waals surface area contributed by atoms with Crippen molar-refractivity contribution in [1.29, 1.82) is 0 Å². The second-order valence-corrected chi connectivity index (χ2v) is 5.11. The molecule has 1 aromatic heterocycles. The summed E-state index contributed by atoms with van der Waals surface area (Å²) in [6, 6.07) is 24.1. The molecule has 4 rings (SSSR count). The van der Waals surface area contributed by atoms with Crippen molar-refractivity contribution in [3.05, 3.63) is 90.8 Å². The summed E-state index contributed by atoms with van der Waals surface area (Å²) in [5.41, 5.74) is 15.1. The van der Waals surface area contributed by atoms with Gasteiger partial charge in [-0.2, -0.15) is 0 Å². The van der Waals surface area contributed by atoms with Crippen LogP contribution in [0.15, 0.2) is 85.2 Å². The lowest BCUT2D eigenvalue weighted by Gasteiger charge is -1.90. The Bertz CT molecular complexity index is 835. The van der Waals surface area contributed by atoms with Gasteiger partial charge in [0, 0.05) is 16.9 Å². The van der Waals surface area contributed by atoms with Gasteiger partial charge in [-0.1, -0.05) is 42.5 Å². The number of anilines is 2. The molecule has 0 amide bonds. The fourth-order valence-electron chi connectivity index (χ4n) is 1.91. The van der Waals surface area contributed by atoms with Gasteiger partial charge in [-0.05, 0) is 36.4 Å². The molecule has 5 nitrogen and oxygen atoms in total. The number of para-hydroxylation sites is 2. The molecule has 1 heterocycles. The molecule has 0 atom stereocenters. The highest BCUT2D eigenvalue weighted by molar-refractivity contribution is 5.74. The molecule has 3 aromatic carbocycles. The van der Waals surface area contributed by atoms with Gasteiger partial charge >= 0.3 is 0 Å². The summed E-state index contributed by atoms with van der Waals surface area (Å²) in [6.07, 6.45) is 2.53. The first-order chi connectivity index (χ1) is 12.2. The lowest BCUT2D eigenvalue weighted by Crippen LogP contribution is -1.86. The molecule has 0 fully saturated rings. The lowest BCUT2D eigenvalue weighted by atomic mass is 10.2. The van der Waals surface area contributed by atoms with Gasteiger partial charge in [0.1, 0.15) is 6.29 Å². The third-order valence-corrected chi connectivity index (χ3v) is 3.20.